The van der Waals surface area contributed by atoms with Crippen molar-refractivity contribution in [1.29, 1.82) is 0 Å². The molecule has 7 heteroatoms. The molecule has 1 aromatic rings. The van der Waals surface area contributed by atoms with Gasteiger partial charge in [-0.05, 0) is 12.8 Å². The molecule has 1 aliphatic carbocycles. The summed E-state index contributed by atoms with van der Waals surface area (Å²) < 4.78 is 37.7. The predicted molar refractivity (Wildman–Crippen MR) is 48.7 cm³/mol. The zero-order valence-electron chi connectivity index (χ0n) is 7.48. The molecule has 0 aliphatic heterocycles. The number of halogens is 4. The summed E-state index contributed by atoms with van der Waals surface area (Å²) in [4.78, 5) is 7.26. The molecule has 1 heterocycles. The highest BCUT2D eigenvalue weighted by Crippen LogP contribution is 2.51. The summed E-state index contributed by atoms with van der Waals surface area (Å²) in [6, 6.07) is 0. The minimum absolute atomic E-state index is 0.0292. The van der Waals surface area contributed by atoms with Crippen LogP contribution < -0.4 is 5.32 Å². The second kappa shape index (κ2) is 3.23. The van der Waals surface area contributed by atoms with E-state index in [0.717, 1.165) is 6.33 Å². The number of hydrogen-bond acceptors (Lipinski definition) is 3. The van der Waals surface area contributed by atoms with E-state index in [1.54, 1.807) is 0 Å². The predicted octanol–water partition coefficient (Wildman–Crippen LogP) is 2.64. The van der Waals surface area contributed by atoms with Gasteiger partial charge in [0.05, 0.1) is 6.20 Å². The Morgan fingerprint density at radius 1 is 1.40 bits per heavy atom. The summed E-state index contributed by atoms with van der Waals surface area (Å²) >= 11 is 5.65. The highest BCUT2D eigenvalue weighted by Gasteiger charge is 2.63. The minimum Gasteiger partial charge on any atom is -0.355 e. The molecule has 0 amide bonds. The normalized spacial score (nSPS) is 18.7. The fourth-order valence-corrected chi connectivity index (χ4v) is 1.39. The number of nitrogens with zero attached hydrogens (tertiary/aromatic N) is 2. The van der Waals surface area contributed by atoms with Crippen molar-refractivity contribution < 1.29 is 13.2 Å². The lowest BCUT2D eigenvalue weighted by Crippen LogP contribution is -2.39. The van der Waals surface area contributed by atoms with Crippen molar-refractivity contribution in [3.8, 4) is 0 Å². The van der Waals surface area contributed by atoms with Crippen LogP contribution in [0.15, 0.2) is 12.5 Å². The van der Waals surface area contributed by atoms with Crippen LogP contribution in [0.4, 0.5) is 19.0 Å². The number of alkyl halides is 3. The lowest BCUT2D eigenvalue weighted by atomic mass is 10.2. The van der Waals surface area contributed by atoms with Crippen LogP contribution in [0.25, 0.3) is 0 Å². The molecule has 0 spiro atoms. The van der Waals surface area contributed by atoms with Crippen molar-refractivity contribution in [3.05, 3.63) is 17.5 Å². The van der Waals surface area contributed by atoms with Crippen molar-refractivity contribution >= 4 is 17.4 Å². The van der Waals surface area contributed by atoms with Gasteiger partial charge in [-0.3, -0.25) is 0 Å². The molecule has 0 unspecified atom stereocenters. The van der Waals surface area contributed by atoms with Crippen LogP contribution in [0.3, 0.4) is 0 Å². The Balaban J connectivity index is 2.20. The van der Waals surface area contributed by atoms with Crippen LogP contribution in [0.2, 0.25) is 5.02 Å². The van der Waals surface area contributed by atoms with E-state index in [2.05, 4.69) is 15.3 Å². The number of nitrogens with one attached hydrogen (secondary N) is 1. The second-order valence-electron chi connectivity index (χ2n) is 3.42. The van der Waals surface area contributed by atoms with Crippen LogP contribution in [-0.2, 0) is 0 Å². The lowest BCUT2D eigenvalue weighted by molar-refractivity contribution is -0.151. The Morgan fingerprint density at radius 2 is 2.07 bits per heavy atom. The van der Waals surface area contributed by atoms with Gasteiger partial charge in [-0.15, -0.1) is 0 Å². The third-order valence-electron chi connectivity index (χ3n) is 2.32. The Kier molecular flexibility index (Phi) is 2.26. The van der Waals surface area contributed by atoms with Gasteiger partial charge in [0.2, 0.25) is 0 Å². The van der Waals surface area contributed by atoms with Crippen LogP contribution >= 0.6 is 11.6 Å². The number of aromatic nitrogens is 2. The molecule has 0 radical (unpaired) electrons. The molecular weight excluding hydrogens is 231 g/mol. The van der Waals surface area contributed by atoms with Crippen molar-refractivity contribution in [2.45, 2.75) is 24.6 Å². The van der Waals surface area contributed by atoms with Gasteiger partial charge < -0.3 is 5.32 Å². The monoisotopic (exact) mass is 237 g/mol. The maximum atomic E-state index is 12.6. The minimum atomic E-state index is -4.28. The number of anilines is 1. The quantitative estimate of drug-likeness (QED) is 0.859. The Morgan fingerprint density at radius 3 is 2.53 bits per heavy atom. The van der Waals surface area contributed by atoms with Crippen LogP contribution in [-0.4, -0.2) is 21.7 Å². The lowest BCUT2D eigenvalue weighted by Gasteiger charge is -2.21. The van der Waals surface area contributed by atoms with Crippen molar-refractivity contribution in [3.63, 3.8) is 0 Å². The van der Waals surface area contributed by atoms with Gasteiger partial charge in [0.15, 0.2) is 0 Å². The summed E-state index contributed by atoms with van der Waals surface area (Å²) in [6.45, 7) is 0. The van der Waals surface area contributed by atoms with Crippen LogP contribution in [0, 0.1) is 0 Å². The summed E-state index contributed by atoms with van der Waals surface area (Å²) in [5.74, 6) is 0.0292. The highest BCUT2D eigenvalue weighted by atomic mass is 35.5. The molecule has 1 fully saturated rings. The Hall–Kier alpha value is -1.04. The molecule has 0 aromatic carbocycles. The third-order valence-corrected chi connectivity index (χ3v) is 2.59. The summed E-state index contributed by atoms with van der Waals surface area (Å²) in [7, 11) is 0. The second-order valence-corrected chi connectivity index (χ2v) is 3.83. The molecule has 0 atom stereocenters. The van der Waals surface area contributed by atoms with E-state index in [-0.39, 0.29) is 23.7 Å². The van der Waals surface area contributed by atoms with Gasteiger partial charge in [-0.1, -0.05) is 11.6 Å². The molecule has 0 bridgehead atoms. The number of hydrogen-bond donors (Lipinski definition) is 1. The molecular formula is C8H7ClF3N3. The first-order valence-corrected chi connectivity index (χ1v) is 4.63. The van der Waals surface area contributed by atoms with Crippen LogP contribution in [0.5, 0.6) is 0 Å². The van der Waals surface area contributed by atoms with Gasteiger partial charge in [0.25, 0.3) is 0 Å². The van der Waals surface area contributed by atoms with E-state index < -0.39 is 11.7 Å². The summed E-state index contributed by atoms with van der Waals surface area (Å²) in [5.41, 5.74) is -1.84. The van der Waals surface area contributed by atoms with Gasteiger partial charge in [-0.25, -0.2) is 9.97 Å². The first-order chi connectivity index (χ1) is 6.95. The maximum Gasteiger partial charge on any atom is 0.411 e. The average Bonchev–Trinajstić information content (AvgIpc) is 2.89. The van der Waals surface area contributed by atoms with E-state index in [9.17, 15) is 13.2 Å². The standard InChI is InChI=1S/C8H7ClF3N3/c9-5-3-13-4-14-6(5)15-7(1-2-7)8(10,11)12/h3-4H,1-2H2,(H,13,14,15). The van der Waals surface area contributed by atoms with Gasteiger partial charge in [0, 0.05) is 0 Å². The van der Waals surface area contributed by atoms with Crippen LogP contribution in [0.1, 0.15) is 12.8 Å². The molecule has 1 aliphatic rings. The fraction of sp³-hybridized carbons (Fsp3) is 0.500. The van der Waals surface area contributed by atoms with E-state index in [1.807, 2.05) is 0 Å². The van der Waals surface area contributed by atoms with Crippen molar-refractivity contribution in [1.82, 2.24) is 9.97 Å². The maximum absolute atomic E-state index is 12.6. The molecule has 15 heavy (non-hydrogen) atoms. The first-order valence-electron chi connectivity index (χ1n) is 4.25. The average molecular weight is 238 g/mol. The summed E-state index contributed by atoms with van der Waals surface area (Å²) in [6.07, 6.45) is -1.76. The molecule has 1 saturated carbocycles. The van der Waals surface area contributed by atoms with E-state index in [0.29, 0.717) is 0 Å². The molecule has 1 aromatic heterocycles. The fourth-order valence-electron chi connectivity index (χ4n) is 1.24. The molecule has 1 N–H and O–H groups in total. The zero-order valence-corrected chi connectivity index (χ0v) is 8.23. The van der Waals surface area contributed by atoms with Crippen molar-refractivity contribution in [2.24, 2.45) is 0 Å². The first kappa shape index (κ1) is 10.5. The van der Waals surface area contributed by atoms with Gasteiger partial charge in [-0.2, -0.15) is 13.2 Å². The molecule has 0 saturated heterocycles. The van der Waals surface area contributed by atoms with Gasteiger partial charge >= 0.3 is 6.18 Å². The largest absolute Gasteiger partial charge is 0.411 e. The number of rotatable bonds is 2. The molecule has 3 nitrogen and oxygen atoms in total. The van der Waals surface area contributed by atoms with E-state index in [4.69, 9.17) is 11.6 Å². The third kappa shape index (κ3) is 1.86. The van der Waals surface area contributed by atoms with E-state index >= 15 is 0 Å². The Bertz CT molecular complexity index is 376. The summed E-state index contributed by atoms with van der Waals surface area (Å²) in [5, 5.41) is 2.42. The SMILES string of the molecule is FC(F)(F)C1(Nc2ncncc2Cl)CC1. The van der Waals surface area contributed by atoms with Crippen molar-refractivity contribution in [2.75, 3.05) is 5.32 Å². The van der Waals surface area contributed by atoms with E-state index in [1.165, 1.54) is 6.20 Å². The molecule has 82 valence electrons. The Labute approximate surface area is 88.7 Å². The topological polar surface area (TPSA) is 37.8 Å². The zero-order chi connectivity index (χ0) is 11.1. The molecule has 2 rings (SSSR count). The highest BCUT2D eigenvalue weighted by molar-refractivity contribution is 6.32. The smallest absolute Gasteiger partial charge is 0.355 e. The van der Waals surface area contributed by atoms with Gasteiger partial charge in [0.1, 0.15) is 22.7 Å².